The van der Waals surface area contributed by atoms with Crippen molar-refractivity contribution in [3.05, 3.63) is 76.9 Å². The van der Waals surface area contributed by atoms with Crippen LogP contribution in [0.4, 0.5) is 17.2 Å². The average molecular weight is 461 g/mol. The molecule has 4 rings (SSSR count). The molecule has 0 saturated carbocycles. The summed E-state index contributed by atoms with van der Waals surface area (Å²) in [7, 11) is 0. The Morgan fingerprint density at radius 1 is 1.03 bits per heavy atom. The van der Waals surface area contributed by atoms with Gasteiger partial charge in [-0.15, -0.1) is 11.3 Å². The molecule has 2 aromatic heterocycles. The van der Waals surface area contributed by atoms with E-state index in [-0.39, 0.29) is 5.97 Å². The molecule has 33 heavy (non-hydrogen) atoms. The summed E-state index contributed by atoms with van der Waals surface area (Å²) < 4.78 is 5.56. The monoisotopic (exact) mass is 460 g/mol. The summed E-state index contributed by atoms with van der Waals surface area (Å²) >= 11 is 1.34. The maximum absolute atomic E-state index is 12.8. The van der Waals surface area contributed by atoms with E-state index < -0.39 is 0 Å². The second kappa shape index (κ2) is 10.4. The van der Waals surface area contributed by atoms with Crippen molar-refractivity contribution in [2.24, 2.45) is 0 Å². The number of fused-ring (bicyclic) bond motifs is 1. The van der Waals surface area contributed by atoms with E-state index in [0.29, 0.717) is 23.7 Å². The highest BCUT2D eigenvalue weighted by atomic mass is 32.1. The Bertz CT molecular complexity index is 1220. The lowest BCUT2D eigenvalue weighted by Gasteiger charge is -2.21. The summed E-state index contributed by atoms with van der Waals surface area (Å²) in [6, 6.07) is 18.3. The fraction of sp³-hybridized carbons (Fsp3) is 0.269. The van der Waals surface area contributed by atoms with Crippen LogP contribution in [0.25, 0.3) is 10.2 Å². The fourth-order valence-electron chi connectivity index (χ4n) is 3.81. The molecule has 0 saturated heterocycles. The number of nitrogens with zero attached hydrogens (tertiary/aromatic N) is 3. The normalized spacial score (nSPS) is 10.9. The van der Waals surface area contributed by atoms with Gasteiger partial charge in [0.05, 0.1) is 12.0 Å². The van der Waals surface area contributed by atoms with E-state index in [1.165, 1.54) is 23.4 Å². The molecule has 0 unspecified atom stereocenters. The molecule has 170 valence electrons. The summed E-state index contributed by atoms with van der Waals surface area (Å²) in [5.74, 6) is 0.369. The van der Waals surface area contributed by atoms with Crippen LogP contribution in [0.15, 0.2) is 60.9 Å². The largest absolute Gasteiger partial charge is 0.461 e. The first kappa shape index (κ1) is 22.7. The van der Waals surface area contributed by atoms with Crippen molar-refractivity contribution in [3.63, 3.8) is 0 Å². The van der Waals surface area contributed by atoms with Gasteiger partial charge in [-0.3, -0.25) is 0 Å². The minimum atomic E-state index is -0.319. The minimum Gasteiger partial charge on any atom is -0.461 e. The molecule has 0 aliphatic carbocycles. The van der Waals surface area contributed by atoms with Crippen molar-refractivity contribution >= 4 is 44.7 Å². The first-order valence-corrected chi connectivity index (χ1v) is 12.0. The second-order valence-electron chi connectivity index (χ2n) is 7.67. The van der Waals surface area contributed by atoms with Crippen molar-refractivity contribution in [3.8, 4) is 0 Å². The molecule has 2 aromatic carbocycles. The maximum atomic E-state index is 12.8. The number of anilines is 3. The number of benzene rings is 2. The summed E-state index contributed by atoms with van der Waals surface area (Å²) in [4.78, 5) is 25.2. The highest BCUT2D eigenvalue weighted by molar-refractivity contribution is 7.20. The zero-order chi connectivity index (χ0) is 23.2. The maximum Gasteiger partial charge on any atom is 0.348 e. The van der Waals surface area contributed by atoms with Crippen LogP contribution in [0.3, 0.4) is 0 Å². The van der Waals surface area contributed by atoms with Gasteiger partial charge in [0.15, 0.2) is 0 Å². The van der Waals surface area contributed by atoms with Gasteiger partial charge in [-0.2, -0.15) is 0 Å². The number of nitrogens with one attached hydrogen (secondary N) is 1. The van der Waals surface area contributed by atoms with Gasteiger partial charge in [-0.1, -0.05) is 30.3 Å². The van der Waals surface area contributed by atoms with E-state index >= 15 is 0 Å². The summed E-state index contributed by atoms with van der Waals surface area (Å²) in [6.07, 6.45) is 2.21. The summed E-state index contributed by atoms with van der Waals surface area (Å²) in [5, 5.41) is 4.24. The third kappa shape index (κ3) is 5.14. The van der Waals surface area contributed by atoms with Crippen molar-refractivity contribution in [1.82, 2.24) is 9.97 Å². The highest BCUT2D eigenvalue weighted by Gasteiger charge is 2.20. The van der Waals surface area contributed by atoms with Gasteiger partial charge in [-0.05, 0) is 56.2 Å². The lowest BCUT2D eigenvalue weighted by Crippen LogP contribution is -2.21. The number of esters is 1. The van der Waals surface area contributed by atoms with Gasteiger partial charge < -0.3 is 15.0 Å². The topological polar surface area (TPSA) is 67.3 Å². The van der Waals surface area contributed by atoms with Crippen LogP contribution in [0.1, 0.15) is 34.6 Å². The molecule has 0 atom stereocenters. The molecule has 0 aliphatic heterocycles. The smallest absolute Gasteiger partial charge is 0.348 e. The molecule has 4 aromatic rings. The standard InChI is InChI=1S/C26H28N4O2S/c1-4-30(5-2)21-13-11-20(12-14-21)29-24-22-18(3)23(33-25(22)28-17-27-24)26(31)32-16-15-19-9-7-6-8-10-19/h6-14,17H,4-5,15-16H2,1-3H3,(H,27,28,29). The number of aromatic nitrogens is 2. The first-order chi connectivity index (χ1) is 16.1. The predicted molar refractivity (Wildman–Crippen MR) is 136 cm³/mol. The highest BCUT2D eigenvalue weighted by Crippen LogP contribution is 2.35. The van der Waals surface area contributed by atoms with Gasteiger partial charge in [0.2, 0.25) is 0 Å². The van der Waals surface area contributed by atoms with Crippen LogP contribution in [0.2, 0.25) is 0 Å². The molecule has 0 radical (unpaired) electrons. The Hall–Kier alpha value is -3.45. The number of hydrogen-bond acceptors (Lipinski definition) is 7. The molecule has 0 spiro atoms. The molecule has 6 nitrogen and oxygen atoms in total. The van der Waals surface area contributed by atoms with Gasteiger partial charge >= 0.3 is 5.97 Å². The third-order valence-corrected chi connectivity index (χ3v) is 6.82. The lowest BCUT2D eigenvalue weighted by molar-refractivity contribution is 0.0514. The van der Waals surface area contributed by atoms with Crippen molar-refractivity contribution in [2.75, 3.05) is 29.9 Å². The van der Waals surface area contributed by atoms with Gasteiger partial charge in [0, 0.05) is 30.9 Å². The number of rotatable bonds is 9. The van der Waals surface area contributed by atoms with Crippen molar-refractivity contribution in [1.29, 1.82) is 0 Å². The number of thiophene rings is 1. The summed E-state index contributed by atoms with van der Waals surface area (Å²) in [5.41, 5.74) is 4.10. The van der Waals surface area contributed by atoms with E-state index in [0.717, 1.165) is 40.1 Å². The van der Waals surface area contributed by atoms with E-state index in [1.54, 1.807) is 0 Å². The number of carbonyl (C=O) groups excluding carboxylic acids is 1. The van der Waals surface area contributed by atoms with E-state index in [9.17, 15) is 4.79 Å². The molecule has 7 heteroatoms. The molecule has 0 bridgehead atoms. The number of ether oxygens (including phenoxy) is 1. The zero-order valence-corrected chi connectivity index (χ0v) is 20.0. The van der Waals surface area contributed by atoms with Crippen LogP contribution in [0, 0.1) is 6.92 Å². The molecular formula is C26H28N4O2S. The molecular weight excluding hydrogens is 432 g/mol. The van der Waals surface area contributed by atoms with E-state index in [2.05, 4.69) is 46.2 Å². The van der Waals surface area contributed by atoms with Gasteiger partial charge in [0.1, 0.15) is 21.9 Å². The Labute approximate surface area is 198 Å². The first-order valence-electron chi connectivity index (χ1n) is 11.2. The van der Waals surface area contributed by atoms with E-state index in [4.69, 9.17) is 4.74 Å². The Kier molecular flexibility index (Phi) is 7.19. The number of hydrogen-bond donors (Lipinski definition) is 1. The van der Waals surface area contributed by atoms with Crippen molar-refractivity contribution in [2.45, 2.75) is 27.2 Å². The molecule has 1 N–H and O–H groups in total. The van der Waals surface area contributed by atoms with Crippen LogP contribution in [0.5, 0.6) is 0 Å². The summed E-state index contributed by atoms with van der Waals surface area (Å²) in [6.45, 7) is 8.49. The van der Waals surface area contributed by atoms with Crippen LogP contribution in [-0.2, 0) is 11.2 Å². The van der Waals surface area contributed by atoms with Gasteiger partial charge in [-0.25, -0.2) is 14.8 Å². The number of aryl methyl sites for hydroxylation is 1. The van der Waals surface area contributed by atoms with Crippen LogP contribution in [-0.4, -0.2) is 35.6 Å². The molecule has 2 heterocycles. The Morgan fingerprint density at radius 2 is 1.76 bits per heavy atom. The van der Waals surface area contributed by atoms with Crippen molar-refractivity contribution < 1.29 is 9.53 Å². The lowest BCUT2D eigenvalue weighted by atomic mass is 10.2. The van der Waals surface area contributed by atoms with Gasteiger partial charge in [0.25, 0.3) is 0 Å². The Morgan fingerprint density at radius 3 is 2.45 bits per heavy atom. The quantitative estimate of drug-likeness (QED) is 0.310. The fourth-order valence-corrected chi connectivity index (χ4v) is 4.86. The SMILES string of the molecule is CCN(CC)c1ccc(Nc2ncnc3sc(C(=O)OCCc4ccccc4)c(C)c23)cc1. The Balaban J connectivity index is 1.50. The average Bonchev–Trinajstić information content (AvgIpc) is 3.19. The second-order valence-corrected chi connectivity index (χ2v) is 8.67. The molecule has 0 amide bonds. The molecule has 0 aliphatic rings. The van der Waals surface area contributed by atoms with Crippen LogP contribution >= 0.6 is 11.3 Å². The predicted octanol–water partition coefficient (Wildman–Crippen LogP) is 5.99. The van der Waals surface area contributed by atoms with Crippen LogP contribution < -0.4 is 10.2 Å². The minimum absolute atomic E-state index is 0.319. The molecule has 0 fully saturated rings. The van der Waals surface area contributed by atoms with E-state index in [1.807, 2.05) is 49.4 Å². The third-order valence-electron chi connectivity index (χ3n) is 5.64. The zero-order valence-electron chi connectivity index (χ0n) is 19.2. The number of carbonyl (C=O) groups is 1.